The van der Waals surface area contributed by atoms with Gasteiger partial charge in [0.15, 0.2) is 0 Å². The molecule has 0 unspecified atom stereocenters. The van der Waals surface area contributed by atoms with Crippen molar-refractivity contribution >= 4 is 29.0 Å². The number of amides is 1. The van der Waals surface area contributed by atoms with E-state index in [1.807, 2.05) is 12.3 Å². The minimum atomic E-state index is -0.0627. The maximum Gasteiger partial charge on any atom is 0.237 e. The molecule has 5 heteroatoms. The second kappa shape index (κ2) is 4.58. The van der Waals surface area contributed by atoms with Crippen LogP contribution in [0, 0.1) is 6.92 Å². The summed E-state index contributed by atoms with van der Waals surface area (Å²) < 4.78 is 4.13. The fourth-order valence-electron chi connectivity index (χ4n) is 0.910. The van der Waals surface area contributed by atoms with Gasteiger partial charge in [-0.1, -0.05) is 0 Å². The zero-order valence-corrected chi connectivity index (χ0v) is 9.15. The molecule has 0 aliphatic heterocycles. The third-order valence-electron chi connectivity index (χ3n) is 1.80. The molecule has 3 nitrogen and oxygen atoms in total. The average molecular weight is 219 g/mol. The molecular weight excluding hydrogens is 208 g/mol. The molecule has 1 rings (SSSR count). The maximum atomic E-state index is 11.1. The number of carbonyl (C=O) groups excluding carboxylic acids is 1. The van der Waals surface area contributed by atoms with Gasteiger partial charge in [-0.3, -0.25) is 4.79 Å². The summed E-state index contributed by atoms with van der Waals surface area (Å²) in [6.45, 7) is 2.53. The molecule has 0 saturated carbocycles. The van der Waals surface area contributed by atoms with Crippen LogP contribution in [0.5, 0.6) is 0 Å². The van der Waals surface area contributed by atoms with E-state index >= 15 is 0 Å². The number of hydrogen-bond acceptors (Lipinski definition) is 3. The summed E-state index contributed by atoms with van der Waals surface area (Å²) in [5, 5.41) is 1.95. The van der Waals surface area contributed by atoms with Crippen LogP contribution in [0.3, 0.4) is 0 Å². The van der Waals surface area contributed by atoms with Gasteiger partial charge in [0.05, 0.1) is 5.69 Å². The number of aryl methyl sites for hydroxylation is 1. The summed E-state index contributed by atoms with van der Waals surface area (Å²) in [5.74, 6) is -0.0279. The van der Waals surface area contributed by atoms with E-state index in [1.54, 1.807) is 11.9 Å². The second-order valence-electron chi connectivity index (χ2n) is 2.81. The quantitative estimate of drug-likeness (QED) is 0.723. The van der Waals surface area contributed by atoms with Crippen molar-refractivity contribution in [2.45, 2.75) is 13.5 Å². The van der Waals surface area contributed by atoms with Gasteiger partial charge in [0.2, 0.25) is 5.91 Å². The van der Waals surface area contributed by atoms with Gasteiger partial charge in [0, 0.05) is 24.5 Å². The molecular formula is C8H11ClN2OS. The van der Waals surface area contributed by atoms with Gasteiger partial charge in [-0.2, -0.15) is 4.37 Å². The smallest absolute Gasteiger partial charge is 0.237 e. The SMILES string of the molecule is Cc1nscc1CN(C)C(=O)CCl. The van der Waals surface area contributed by atoms with E-state index in [-0.39, 0.29) is 11.8 Å². The number of alkyl halides is 1. The Morgan fingerprint density at radius 3 is 2.92 bits per heavy atom. The van der Waals surface area contributed by atoms with Crippen LogP contribution in [-0.2, 0) is 11.3 Å². The van der Waals surface area contributed by atoms with Crippen molar-refractivity contribution in [3.8, 4) is 0 Å². The molecule has 0 atom stereocenters. The summed E-state index contributed by atoms with van der Waals surface area (Å²) in [4.78, 5) is 12.7. The molecule has 0 radical (unpaired) electrons. The first-order valence-corrected chi connectivity index (χ1v) is 5.22. The zero-order chi connectivity index (χ0) is 9.84. The fourth-order valence-corrected chi connectivity index (χ4v) is 1.81. The summed E-state index contributed by atoms with van der Waals surface area (Å²) in [6.07, 6.45) is 0. The van der Waals surface area contributed by atoms with Crippen molar-refractivity contribution in [3.05, 3.63) is 16.6 Å². The highest BCUT2D eigenvalue weighted by molar-refractivity contribution is 7.03. The highest BCUT2D eigenvalue weighted by atomic mass is 35.5. The topological polar surface area (TPSA) is 33.2 Å². The summed E-state index contributed by atoms with van der Waals surface area (Å²) in [7, 11) is 1.74. The molecule has 0 spiro atoms. The van der Waals surface area contributed by atoms with E-state index in [0.29, 0.717) is 6.54 Å². The molecule has 1 aromatic rings. The van der Waals surface area contributed by atoms with Crippen molar-refractivity contribution in [3.63, 3.8) is 0 Å². The molecule has 0 bridgehead atoms. The van der Waals surface area contributed by atoms with Crippen molar-refractivity contribution in [2.75, 3.05) is 12.9 Å². The molecule has 1 heterocycles. The molecule has 0 aliphatic rings. The molecule has 13 heavy (non-hydrogen) atoms. The number of carbonyl (C=O) groups is 1. The van der Waals surface area contributed by atoms with Crippen LogP contribution in [0.1, 0.15) is 11.3 Å². The Morgan fingerprint density at radius 1 is 1.77 bits per heavy atom. The lowest BCUT2D eigenvalue weighted by Gasteiger charge is -2.14. The third kappa shape index (κ3) is 2.67. The lowest BCUT2D eigenvalue weighted by molar-refractivity contribution is -0.127. The van der Waals surface area contributed by atoms with E-state index in [1.165, 1.54) is 11.5 Å². The monoisotopic (exact) mass is 218 g/mol. The Bertz CT molecular complexity index is 300. The van der Waals surface area contributed by atoms with Crippen molar-refractivity contribution in [1.29, 1.82) is 0 Å². The first kappa shape index (κ1) is 10.5. The number of halogens is 1. The minimum Gasteiger partial charge on any atom is -0.340 e. The van der Waals surface area contributed by atoms with Crippen molar-refractivity contribution < 1.29 is 4.79 Å². The van der Waals surface area contributed by atoms with E-state index in [2.05, 4.69) is 4.37 Å². The van der Waals surface area contributed by atoms with Gasteiger partial charge < -0.3 is 4.90 Å². The second-order valence-corrected chi connectivity index (χ2v) is 3.70. The predicted octanol–water partition coefficient (Wildman–Crippen LogP) is 1.65. The molecule has 0 N–H and O–H groups in total. The minimum absolute atomic E-state index is 0.0348. The van der Waals surface area contributed by atoms with Crippen LogP contribution in [0.2, 0.25) is 0 Å². The Labute approximate surface area is 86.5 Å². The van der Waals surface area contributed by atoms with E-state index in [0.717, 1.165) is 11.3 Å². The predicted molar refractivity (Wildman–Crippen MR) is 54.0 cm³/mol. The van der Waals surface area contributed by atoms with Crippen LogP contribution in [-0.4, -0.2) is 28.1 Å². The normalized spacial score (nSPS) is 10.1. The van der Waals surface area contributed by atoms with Crippen LogP contribution in [0.25, 0.3) is 0 Å². The summed E-state index contributed by atoms with van der Waals surface area (Å²) in [6, 6.07) is 0. The van der Waals surface area contributed by atoms with Crippen LogP contribution in [0.15, 0.2) is 5.38 Å². The van der Waals surface area contributed by atoms with Gasteiger partial charge in [0.25, 0.3) is 0 Å². The fraction of sp³-hybridized carbons (Fsp3) is 0.500. The number of nitrogens with zero attached hydrogens (tertiary/aromatic N) is 2. The standard InChI is InChI=1S/C8H11ClN2OS/c1-6-7(5-13-10-6)4-11(2)8(12)3-9/h5H,3-4H2,1-2H3. The van der Waals surface area contributed by atoms with E-state index in [4.69, 9.17) is 11.6 Å². The number of rotatable bonds is 3. The molecule has 1 aromatic heterocycles. The van der Waals surface area contributed by atoms with E-state index in [9.17, 15) is 4.79 Å². The molecule has 0 fully saturated rings. The zero-order valence-electron chi connectivity index (χ0n) is 7.58. The van der Waals surface area contributed by atoms with Crippen LogP contribution >= 0.6 is 23.1 Å². The highest BCUT2D eigenvalue weighted by Crippen LogP contribution is 2.11. The van der Waals surface area contributed by atoms with Gasteiger partial charge in [-0.25, -0.2) is 0 Å². The first-order chi connectivity index (χ1) is 6.15. The summed E-state index contributed by atoms with van der Waals surface area (Å²) >= 11 is 6.83. The number of aromatic nitrogens is 1. The average Bonchev–Trinajstić information content (AvgIpc) is 2.50. The Balaban J connectivity index is 2.59. The lowest BCUT2D eigenvalue weighted by Crippen LogP contribution is -2.27. The van der Waals surface area contributed by atoms with Crippen LogP contribution in [0.4, 0.5) is 0 Å². The molecule has 1 amide bonds. The first-order valence-electron chi connectivity index (χ1n) is 3.85. The van der Waals surface area contributed by atoms with Gasteiger partial charge in [-0.15, -0.1) is 11.6 Å². The van der Waals surface area contributed by atoms with Crippen molar-refractivity contribution in [1.82, 2.24) is 9.27 Å². The Morgan fingerprint density at radius 2 is 2.46 bits per heavy atom. The Kier molecular flexibility index (Phi) is 3.69. The van der Waals surface area contributed by atoms with Gasteiger partial charge in [0.1, 0.15) is 5.88 Å². The molecule has 0 aromatic carbocycles. The lowest BCUT2D eigenvalue weighted by atomic mass is 10.2. The highest BCUT2D eigenvalue weighted by Gasteiger charge is 2.09. The molecule has 0 aliphatic carbocycles. The number of hydrogen-bond donors (Lipinski definition) is 0. The third-order valence-corrected chi connectivity index (χ3v) is 2.79. The largest absolute Gasteiger partial charge is 0.340 e. The Hall–Kier alpha value is -0.610. The van der Waals surface area contributed by atoms with Gasteiger partial charge in [-0.05, 0) is 18.5 Å². The van der Waals surface area contributed by atoms with Crippen LogP contribution < -0.4 is 0 Å². The maximum absolute atomic E-state index is 11.1. The molecule has 0 saturated heterocycles. The van der Waals surface area contributed by atoms with Crippen molar-refractivity contribution in [2.24, 2.45) is 0 Å². The van der Waals surface area contributed by atoms with Gasteiger partial charge >= 0.3 is 0 Å². The summed E-state index contributed by atoms with van der Waals surface area (Å²) in [5.41, 5.74) is 2.07. The van der Waals surface area contributed by atoms with E-state index < -0.39 is 0 Å². The molecule has 72 valence electrons.